The van der Waals surface area contributed by atoms with Crippen LogP contribution in [0.15, 0.2) is 51.1 Å². The van der Waals surface area contributed by atoms with E-state index in [1.807, 2.05) is 0 Å². The molecule has 0 spiro atoms. The van der Waals surface area contributed by atoms with E-state index in [1.165, 1.54) is 24.4 Å². The maximum Gasteiger partial charge on any atom is 0.276 e. The number of nitrogens with one attached hydrogen (secondary N) is 1. The highest BCUT2D eigenvalue weighted by Gasteiger charge is 2.26. The molecule has 0 fully saturated rings. The number of fused-ring (bicyclic) bond motifs is 1. The van der Waals surface area contributed by atoms with E-state index in [2.05, 4.69) is 31.4 Å². The summed E-state index contributed by atoms with van der Waals surface area (Å²) < 4.78 is 0.802. The van der Waals surface area contributed by atoms with E-state index in [4.69, 9.17) is 11.6 Å². The SMILES string of the molecule is O=C1Nc2ccc(Br)cc2/C1=N/N=Cc1cc([N+](=O)[O-])ccc1Cl. The lowest BCUT2D eigenvalue weighted by atomic mass is 10.1. The molecule has 3 rings (SSSR count). The Kier molecular flexibility index (Phi) is 4.41. The van der Waals surface area contributed by atoms with Crippen LogP contribution in [0.25, 0.3) is 0 Å². The van der Waals surface area contributed by atoms with Crippen molar-refractivity contribution in [2.45, 2.75) is 0 Å². The Hall–Kier alpha value is -2.58. The molecule has 7 nitrogen and oxygen atoms in total. The van der Waals surface area contributed by atoms with E-state index >= 15 is 0 Å². The van der Waals surface area contributed by atoms with Gasteiger partial charge in [0.15, 0.2) is 5.71 Å². The fourth-order valence-corrected chi connectivity index (χ4v) is 2.64. The van der Waals surface area contributed by atoms with E-state index in [9.17, 15) is 14.9 Å². The van der Waals surface area contributed by atoms with Gasteiger partial charge in [-0.25, -0.2) is 0 Å². The highest BCUT2D eigenvalue weighted by molar-refractivity contribution is 9.10. The maximum atomic E-state index is 11.9. The van der Waals surface area contributed by atoms with E-state index in [0.717, 1.165) is 4.47 Å². The second-order valence-corrected chi connectivity index (χ2v) is 6.12. The van der Waals surface area contributed by atoms with Crippen molar-refractivity contribution in [2.24, 2.45) is 10.2 Å². The molecule has 0 saturated heterocycles. The topological polar surface area (TPSA) is 97.0 Å². The number of nitro groups is 1. The Balaban J connectivity index is 1.93. The highest BCUT2D eigenvalue weighted by atomic mass is 79.9. The molecule has 0 radical (unpaired) electrons. The minimum absolute atomic E-state index is 0.110. The lowest BCUT2D eigenvalue weighted by Crippen LogP contribution is -2.13. The molecule has 0 saturated carbocycles. The normalized spacial score (nSPS) is 14.9. The van der Waals surface area contributed by atoms with Gasteiger partial charge in [-0.1, -0.05) is 27.5 Å². The Morgan fingerprint density at radius 1 is 1.25 bits per heavy atom. The van der Waals surface area contributed by atoms with Crippen LogP contribution in [0.1, 0.15) is 11.1 Å². The second-order valence-electron chi connectivity index (χ2n) is 4.80. The molecule has 2 aromatic carbocycles. The maximum absolute atomic E-state index is 11.9. The van der Waals surface area contributed by atoms with Gasteiger partial charge in [0.25, 0.3) is 11.6 Å². The van der Waals surface area contributed by atoms with Crippen LogP contribution in [-0.4, -0.2) is 22.8 Å². The van der Waals surface area contributed by atoms with E-state index < -0.39 is 4.92 Å². The Labute approximate surface area is 149 Å². The van der Waals surface area contributed by atoms with Gasteiger partial charge < -0.3 is 5.32 Å². The van der Waals surface area contributed by atoms with Crippen LogP contribution in [0.4, 0.5) is 11.4 Å². The molecule has 0 atom stereocenters. The van der Waals surface area contributed by atoms with Crippen molar-refractivity contribution in [3.05, 3.63) is 67.1 Å². The molecule has 120 valence electrons. The third-order valence-corrected chi connectivity index (χ3v) is 4.08. The summed E-state index contributed by atoms with van der Waals surface area (Å²) in [5.74, 6) is -0.370. The summed E-state index contributed by atoms with van der Waals surface area (Å²) >= 11 is 9.31. The molecular formula is C15H8BrClN4O3. The summed E-state index contributed by atoms with van der Waals surface area (Å²) in [4.78, 5) is 22.2. The van der Waals surface area contributed by atoms with Gasteiger partial charge in [-0.2, -0.15) is 5.10 Å². The summed E-state index contributed by atoms with van der Waals surface area (Å²) in [5.41, 5.74) is 1.65. The fraction of sp³-hybridized carbons (Fsp3) is 0. The van der Waals surface area contributed by atoms with E-state index in [1.54, 1.807) is 18.2 Å². The lowest BCUT2D eigenvalue weighted by molar-refractivity contribution is -0.384. The van der Waals surface area contributed by atoms with Crippen molar-refractivity contribution < 1.29 is 9.72 Å². The summed E-state index contributed by atoms with van der Waals surface area (Å²) in [6, 6.07) is 9.29. The first-order valence-electron chi connectivity index (χ1n) is 6.62. The van der Waals surface area contributed by atoms with Gasteiger partial charge in [0, 0.05) is 32.8 Å². The van der Waals surface area contributed by atoms with Gasteiger partial charge in [0.2, 0.25) is 0 Å². The first-order valence-corrected chi connectivity index (χ1v) is 7.79. The standard InChI is InChI=1S/C15H8BrClN4O3/c16-9-1-4-13-11(6-9)14(15(22)19-13)20-18-7-8-5-10(21(23)24)2-3-12(8)17/h1-7H,(H,19,20,22). The van der Waals surface area contributed by atoms with Crippen LogP contribution < -0.4 is 5.32 Å². The van der Waals surface area contributed by atoms with Crippen LogP contribution in [0, 0.1) is 10.1 Å². The Morgan fingerprint density at radius 2 is 2.04 bits per heavy atom. The van der Waals surface area contributed by atoms with Crippen molar-refractivity contribution >= 4 is 56.7 Å². The molecule has 1 amide bonds. The van der Waals surface area contributed by atoms with Crippen molar-refractivity contribution in [1.29, 1.82) is 0 Å². The average Bonchev–Trinajstić information content (AvgIpc) is 2.84. The largest absolute Gasteiger partial charge is 0.320 e. The minimum Gasteiger partial charge on any atom is -0.320 e. The molecule has 1 aliphatic heterocycles. The smallest absolute Gasteiger partial charge is 0.276 e. The van der Waals surface area contributed by atoms with Crippen LogP contribution in [0.3, 0.4) is 0 Å². The van der Waals surface area contributed by atoms with Crippen LogP contribution in [0.5, 0.6) is 0 Å². The van der Waals surface area contributed by atoms with Gasteiger partial charge >= 0.3 is 0 Å². The van der Waals surface area contributed by atoms with Crippen LogP contribution in [-0.2, 0) is 4.79 Å². The third kappa shape index (κ3) is 3.19. The molecule has 9 heteroatoms. The van der Waals surface area contributed by atoms with E-state index in [0.29, 0.717) is 21.8 Å². The lowest BCUT2D eigenvalue weighted by Gasteiger charge is -1.98. The number of carbonyl (C=O) groups excluding carboxylic acids is 1. The zero-order chi connectivity index (χ0) is 17.3. The monoisotopic (exact) mass is 406 g/mol. The highest BCUT2D eigenvalue weighted by Crippen LogP contribution is 2.27. The molecule has 0 aliphatic carbocycles. The molecule has 24 heavy (non-hydrogen) atoms. The van der Waals surface area contributed by atoms with E-state index in [-0.39, 0.29) is 17.3 Å². The van der Waals surface area contributed by atoms with Gasteiger partial charge in [0.05, 0.1) is 16.8 Å². The summed E-state index contributed by atoms with van der Waals surface area (Å²) in [7, 11) is 0. The number of nitrogens with zero attached hydrogens (tertiary/aromatic N) is 3. The number of hydrogen-bond acceptors (Lipinski definition) is 5. The molecule has 1 heterocycles. The zero-order valence-electron chi connectivity index (χ0n) is 11.9. The molecule has 1 N–H and O–H groups in total. The predicted octanol–water partition coefficient (Wildman–Crippen LogP) is 3.79. The van der Waals surface area contributed by atoms with Crippen molar-refractivity contribution in [3.8, 4) is 0 Å². The number of carbonyl (C=O) groups is 1. The van der Waals surface area contributed by atoms with Gasteiger partial charge in [-0.15, -0.1) is 5.10 Å². The molecule has 0 unspecified atom stereocenters. The first kappa shape index (κ1) is 16.3. The van der Waals surface area contributed by atoms with Crippen LogP contribution >= 0.6 is 27.5 Å². The number of non-ortho nitro benzene ring substituents is 1. The average molecular weight is 408 g/mol. The molecule has 2 aromatic rings. The molecule has 0 aromatic heterocycles. The summed E-state index contributed by atoms with van der Waals surface area (Å²) in [6.07, 6.45) is 1.27. The number of amides is 1. The fourth-order valence-electron chi connectivity index (χ4n) is 2.12. The number of rotatable bonds is 3. The Morgan fingerprint density at radius 3 is 2.79 bits per heavy atom. The number of anilines is 1. The zero-order valence-corrected chi connectivity index (χ0v) is 14.2. The van der Waals surface area contributed by atoms with Crippen molar-refractivity contribution in [1.82, 2.24) is 0 Å². The number of nitro benzene ring substituents is 1. The third-order valence-electron chi connectivity index (χ3n) is 3.24. The molecular weight excluding hydrogens is 400 g/mol. The second kappa shape index (κ2) is 6.50. The predicted molar refractivity (Wildman–Crippen MR) is 95.0 cm³/mol. The van der Waals surface area contributed by atoms with Gasteiger partial charge in [-0.05, 0) is 24.3 Å². The van der Waals surface area contributed by atoms with Gasteiger partial charge in [-0.3, -0.25) is 14.9 Å². The number of halogens is 2. The summed E-state index contributed by atoms with van der Waals surface area (Å²) in [5, 5.41) is 21.5. The van der Waals surface area contributed by atoms with Crippen molar-refractivity contribution in [2.75, 3.05) is 5.32 Å². The minimum atomic E-state index is -0.530. The van der Waals surface area contributed by atoms with Crippen LogP contribution in [0.2, 0.25) is 5.02 Å². The molecule has 1 aliphatic rings. The number of benzene rings is 2. The van der Waals surface area contributed by atoms with Gasteiger partial charge in [0.1, 0.15) is 0 Å². The Bertz CT molecular complexity index is 927. The quantitative estimate of drug-likeness (QED) is 0.476. The number of hydrogen-bond donors (Lipinski definition) is 1. The molecule has 0 bridgehead atoms. The van der Waals surface area contributed by atoms with Crippen molar-refractivity contribution in [3.63, 3.8) is 0 Å². The summed E-state index contributed by atoms with van der Waals surface area (Å²) in [6.45, 7) is 0. The first-order chi connectivity index (χ1) is 11.5.